The third kappa shape index (κ3) is 2.87. The van der Waals surface area contributed by atoms with Gasteiger partial charge in [-0.3, -0.25) is 0 Å². The molecule has 1 rings (SSSR count). The number of ether oxygens (including phenoxy) is 1. The highest BCUT2D eigenvalue weighted by Gasteiger charge is 2.13. The maximum atomic E-state index is 11.5. The Labute approximate surface area is 84.9 Å². The quantitative estimate of drug-likeness (QED) is 0.688. The number of carbonyl (C=O) groups is 1. The Morgan fingerprint density at radius 1 is 1.14 bits per heavy atom. The molecule has 0 bridgehead atoms. The second-order valence-corrected chi connectivity index (χ2v) is 3.72. The lowest BCUT2D eigenvalue weighted by Crippen LogP contribution is -2.20. The molecule has 1 atom stereocenters. The summed E-state index contributed by atoms with van der Waals surface area (Å²) in [5.41, 5.74) is 0.611. The Bertz CT molecular complexity index is 290. The van der Waals surface area contributed by atoms with E-state index in [9.17, 15) is 4.79 Å². The van der Waals surface area contributed by atoms with E-state index in [1.54, 1.807) is 12.1 Å². The van der Waals surface area contributed by atoms with Crippen LogP contribution < -0.4 is 0 Å². The minimum Gasteiger partial charge on any atom is -0.459 e. The molecule has 0 N–H and O–H groups in total. The van der Waals surface area contributed by atoms with Gasteiger partial charge in [0.1, 0.15) is 6.10 Å². The molecule has 0 radical (unpaired) electrons. The molecule has 0 unspecified atom stereocenters. The third-order valence-electron chi connectivity index (χ3n) is 2.24. The normalized spacial score (nSPS) is 12.6. The molecular weight excluding hydrogens is 176 g/mol. The lowest BCUT2D eigenvalue weighted by Gasteiger charge is -2.16. The molecule has 0 aliphatic heterocycles. The highest BCUT2D eigenvalue weighted by Crippen LogP contribution is 2.09. The minimum absolute atomic E-state index is 0.0392. The summed E-state index contributed by atoms with van der Waals surface area (Å²) in [4.78, 5) is 11.5. The van der Waals surface area contributed by atoms with Gasteiger partial charge in [-0.2, -0.15) is 0 Å². The van der Waals surface area contributed by atoms with Gasteiger partial charge in [0.2, 0.25) is 0 Å². The van der Waals surface area contributed by atoms with Crippen LogP contribution in [0.5, 0.6) is 0 Å². The fraction of sp³-hybridized carbons (Fsp3) is 0.417. The van der Waals surface area contributed by atoms with Crippen LogP contribution in [-0.4, -0.2) is 12.1 Å². The zero-order valence-corrected chi connectivity index (χ0v) is 8.86. The maximum Gasteiger partial charge on any atom is 0.338 e. The van der Waals surface area contributed by atoms with E-state index in [1.165, 1.54) is 0 Å². The van der Waals surface area contributed by atoms with E-state index in [1.807, 2.05) is 39.0 Å². The van der Waals surface area contributed by atoms with Gasteiger partial charge in [-0.05, 0) is 25.0 Å². The number of hydrogen-bond donors (Lipinski definition) is 0. The number of benzene rings is 1. The van der Waals surface area contributed by atoms with Crippen molar-refractivity contribution in [2.24, 2.45) is 5.92 Å². The van der Waals surface area contributed by atoms with E-state index in [0.717, 1.165) is 0 Å². The van der Waals surface area contributed by atoms with Gasteiger partial charge in [-0.1, -0.05) is 32.0 Å². The molecule has 0 saturated heterocycles. The van der Waals surface area contributed by atoms with Crippen molar-refractivity contribution in [3.8, 4) is 0 Å². The van der Waals surface area contributed by atoms with Gasteiger partial charge in [0, 0.05) is 0 Å². The molecule has 0 amide bonds. The molecule has 14 heavy (non-hydrogen) atoms. The lowest BCUT2D eigenvalue weighted by molar-refractivity contribution is 0.0238. The van der Waals surface area contributed by atoms with E-state index in [-0.39, 0.29) is 12.1 Å². The van der Waals surface area contributed by atoms with E-state index in [2.05, 4.69) is 0 Å². The summed E-state index contributed by atoms with van der Waals surface area (Å²) in [6, 6.07) is 9.06. The van der Waals surface area contributed by atoms with E-state index >= 15 is 0 Å². The second-order valence-electron chi connectivity index (χ2n) is 3.72. The Hall–Kier alpha value is -1.31. The lowest BCUT2D eigenvalue weighted by atomic mass is 10.1. The number of hydrogen-bond acceptors (Lipinski definition) is 2. The average molecular weight is 192 g/mol. The smallest absolute Gasteiger partial charge is 0.338 e. The summed E-state index contributed by atoms with van der Waals surface area (Å²) in [6.07, 6.45) is -0.0392. The Balaban J connectivity index is 2.60. The summed E-state index contributed by atoms with van der Waals surface area (Å²) in [5.74, 6) is 0.106. The molecule has 0 aliphatic rings. The van der Waals surface area contributed by atoms with Crippen molar-refractivity contribution in [3.63, 3.8) is 0 Å². The van der Waals surface area contributed by atoms with Crippen LogP contribution in [0.1, 0.15) is 31.1 Å². The number of carbonyl (C=O) groups excluding carboxylic acids is 1. The maximum absolute atomic E-state index is 11.5. The Morgan fingerprint density at radius 3 is 2.21 bits per heavy atom. The van der Waals surface area contributed by atoms with Crippen molar-refractivity contribution in [2.45, 2.75) is 26.9 Å². The summed E-state index contributed by atoms with van der Waals surface area (Å²) in [6.45, 7) is 5.97. The SMILES string of the molecule is CC(C)[C@@H](C)OC(=O)c1ccccc1. The van der Waals surface area contributed by atoms with Gasteiger partial charge in [0.25, 0.3) is 0 Å². The third-order valence-corrected chi connectivity index (χ3v) is 2.24. The number of esters is 1. The highest BCUT2D eigenvalue weighted by atomic mass is 16.5. The van der Waals surface area contributed by atoms with Crippen molar-refractivity contribution < 1.29 is 9.53 Å². The molecule has 2 nitrogen and oxygen atoms in total. The highest BCUT2D eigenvalue weighted by molar-refractivity contribution is 5.89. The van der Waals surface area contributed by atoms with Crippen molar-refractivity contribution in [2.75, 3.05) is 0 Å². The van der Waals surface area contributed by atoms with Crippen molar-refractivity contribution in [1.29, 1.82) is 0 Å². The molecular formula is C12H16O2. The summed E-state index contributed by atoms with van der Waals surface area (Å²) < 4.78 is 5.26. The number of rotatable bonds is 3. The fourth-order valence-corrected chi connectivity index (χ4v) is 0.947. The van der Waals surface area contributed by atoms with Crippen LogP contribution in [0.2, 0.25) is 0 Å². The van der Waals surface area contributed by atoms with Gasteiger partial charge in [-0.15, -0.1) is 0 Å². The molecule has 0 aliphatic carbocycles. The topological polar surface area (TPSA) is 26.3 Å². The monoisotopic (exact) mass is 192 g/mol. The standard InChI is InChI=1S/C12H16O2/c1-9(2)10(3)14-12(13)11-7-5-4-6-8-11/h4-10H,1-3H3/t10-/m1/s1. The van der Waals surface area contributed by atoms with E-state index in [4.69, 9.17) is 4.74 Å². The van der Waals surface area contributed by atoms with Crippen LogP contribution in [-0.2, 0) is 4.74 Å². The molecule has 1 aromatic rings. The molecule has 0 saturated carbocycles. The first kappa shape index (κ1) is 10.8. The van der Waals surface area contributed by atoms with Crippen molar-refractivity contribution >= 4 is 5.97 Å². The zero-order chi connectivity index (χ0) is 10.6. The molecule has 2 heteroatoms. The minimum atomic E-state index is -0.244. The van der Waals surface area contributed by atoms with Gasteiger partial charge >= 0.3 is 5.97 Å². The fourth-order valence-electron chi connectivity index (χ4n) is 0.947. The van der Waals surface area contributed by atoms with Crippen LogP contribution in [0.3, 0.4) is 0 Å². The van der Waals surface area contributed by atoms with Crippen LogP contribution in [0.4, 0.5) is 0 Å². The molecule has 76 valence electrons. The average Bonchev–Trinajstić information content (AvgIpc) is 2.19. The predicted molar refractivity (Wildman–Crippen MR) is 56.2 cm³/mol. The summed E-state index contributed by atoms with van der Waals surface area (Å²) >= 11 is 0. The first-order valence-electron chi connectivity index (χ1n) is 4.87. The first-order chi connectivity index (χ1) is 6.61. The van der Waals surface area contributed by atoms with E-state index in [0.29, 0.717) is 11.5 Å². The van der Waals surface area contributed by atoms with Crippen LogP contribution in [0.15, 0.2) is 30.3 Å². The van der Waals surface area contributed by atoms with Crippen LogP contribution in [0, 0.1) is 5.92 Å². The molecule has 0 heterocycles. The zero-order valence-electron chi connectivity index (χ0n) is 8.86. The van der Waals surface area contributed by atoms with Crippen LogP contribution in [0.25, 0.3) is 0 Å². The largest absolute Gasteiger partial charge is 0.459 e. The van der Waals surface area contributed by atoms with Gasteiger partial charge in [0.15, 0.2) is 0 Å². The van der Waals surface area contributed by atoms with Gasteiger partial charge < -0.3 is 4.74 Å². The van der Waals surface area contributed by atoms with Crippen molar-refractivity contribution in [3.05, 3.63) is 35.9 Å². The summed E-state index contributed by atoms with van der Waals surface area (Å²) in [5, 5.41) is 0. The van der Waals surface area contributed by atoms with E-state index < -0.39 is 0 Å². The summed E-state index contributed by atoms with van der Waals surface area (Å²) in [7, 11) is 0. The van der Waals surface area contributed by atoms with Crippen molar-refractivity contribution in [1.82, 2.24) is 0 Å². The van der Waals surface area contributed by atoms with Gasteiger partial charge in [-0.25, -0.2) is 4.79 Å². The molecule has 0 spiro atoms. The second kappa shape index (κ2) is 4.80. The first-order valence-corrected chi connectivity index (χ1v) is 4.87. The van der Waals surface area contributed by atoms with Crippen LogP contribution >= 0.6 is 0 Å². The van der Waals surface area contributed by atoms with Gasteiger partial charge in [0.05, 0.1) is 5.56 Å². The molecule has 0 fully saturated rings. The molecule has 1 aromatic carbocycles. The predicted octanol–water partition coefficient (Wildman–Crippen LogP) is 2.89. The Kier molecular flexibility index (Phi) is 3.69. The Morgan fingerprint density at radius 2 is 1.71 bits per heavy atom. The molecule has 0 aromatic heterocycles.